The summed E-state index contributed by atoms with van der Waals surface area (Å²) in [4.78, 5) is 39.5. The van der Waals surface area contributed by atoms with Gasteiger partial charge in [-0.05, 0) is 35.9 Å². The lowest BCUT2D eigenvalue weighted by Crippen LogP contribution is -2.37. The minimum Gasteiger partial charge on any atom is -0.448 e. The molecule has 1 aliphatic heterocycles. The summed E-state index contributed by atoms with van der Waals surface area (Å²) < 4.78 is 85.4. The quantitative estimate of drug-likeness (QED) is 0.335. The summed E-state index contributed by atoms with van der Waals surface area (Å²) in [7, 11) is 0. The van der Waals surface area contributed by atoms with Crippen molar-refractivity contribution in [3.05, 3.63) is 75.2 Å². The van der Waals surface area contributed by atoms with E-state index in [2.05, 4.69) is 5.10 Å². The topological polar surface area (TPSA) is 107 Å². The van der Waals surface area contributed by atoms with E-state index in [0.717, 1.165) is 18.2 Å². The van der Waals surface area contributed by atoms with E-state index in [1.54, 1.807) is 0 Å². The fourth-order valence-electron chi connectivity index (χ4n) is 4.42. The van der Waals surface area contributed by atoms with Gasteiger partial charge in [-0.2, -0.15) is 26.3 Å². The maximum absolute atomic E-state index is 13.4. The second-order valence-corrected chi connectivity index (χ2v) is 10.00. The zero-order valence-electron chi connectivity index (χ0n) is 21.5. The van der Waals surface area contributed by atoms with Crippen molar-refractivity contribution in [1.29, 1.82) is 0 Å². The number of Topliss-reactive ketones (excluding diaryl/α,β-unsaturated/α-hetero) is 1. The van der Waals surface area contributed by atoms with Crippen molar-refractivity contribution in [3.63, 3.8) is 0 Å². The van der Waals surface area contributed by atoms with E-state index in [4.69, 9.17) is 16.3 Å². The average molecular weight is 621 g/mol. The first kappa shape index (κ1) is 31.1. The molecular formula is C26H23ClF6N4O5. The number of ether oxygens (including phenoxy) is 1. The number of ketones is 1. The molecule has 0 spiro atoms. The predicted molar refractivity (Wildman–Crippen MR) is 136 cm³/mol. The Morgan fingerprint density at radius 1 is 1.05 bits per heavy atom. The number of alkyl halides is 6. The first-order chi connectivity index (χ1) is 19.6. The summed E-state index contributed by atoms with van der Waals surface area (Å²) in [5.74, 6) is -1.91. The monoisotopic (exact) mass is 620 g/mol. The van der Waals surface area contributed by atoms with Crippen molar-refractivity contribution < 1.29 is 45.8 Å². The highest BCUT2D eigenvalue weighted by Crippen LogP contribution is 2.33. The number of carbonyl (C=O) groups excluding carboxylic acids is 2. The number of cyclic esters (lactones) is 1. The van der Waals surface area contributed by atoms with Gasteiger partial charge in [-0.15, -0.1) is 5.10 Å². The van der Waals surface area contributed by atoms with Gasteiger partial charge in [0.05, 0.1) is 18.7 Å². The Morgan fingerprint density at radius 3 is 2.33 bits per heavy atom. The van der Waals surface area contributed by atoms with Crippen molar-refractivity contribution in [1.82, 2.24) is 19.2 Å². The third kappa shape index (κ3) is 7.31. The number of hydrogen-bond acceptors (Lipinski definition) is 6. The molecule has 0 aliphatic carbocycles. The maximum atomic E-state index is 13.4. The summed E-state index contributed by atoms with van der Waals surface area (Å²) in [6.45, 7) is -1.90. The third-order valence-corrected chi connectivity index (χ3v) is 6.78. The predicted octanol–water partition coefficient (Wildman–Crippen LogP) is 4.50. The summed E-state index contributed by atoms with van der Waals surface area (Å²) in [6.07, 6.45) is -13.8. The molecule has 1 aliphatic rings. The minimum absolute atomic E-state index is 0.0617. The number of amides is 1. The normalized spacial score (nSPS) is 15.5. The molecule has 0 radical (unpaired) electrons. The Morgan fingerprint density at radius 2 is 1.74 bits per heavy atom. The molecule has 0 bridgehead atoms. The Labute approximate surface area is 238 Å². The number of halogens is 7. The van der Waals surface area contributed by atoms with Crippen molar-refractivity contribution in [3.8, 4) is 11.4 Å². The first-order valence-electron chi connectivity index (χ1n) is 12.4. The van der Waals surface area contributed by atoms with Gasteiger partial charge in [0.25, 0.3) is 0 Å². The lowest BCUT2D eigenvalue weighted by atomic mass is 9.91. The molecule has 226 valence electrons. The summed E-state index contributed by atoms with van der Waals surface area (Å²) >= 11 is 5.87. The number of carbonyl (C=O) groups is 2. The molecule has 0 saturated carbocycles. The SMILES string of the molecule is O=C(CC(CN1CCOC1=O)c1cccc(C(F)(F)F)c1)Cn1nc(-c2ccc(Cl)cc2)n(C[C@H](O)C(F)(F)F)c1=O. The van der Waals surface area contributed by atoms with Crippen LogP contribution in [0.1, 0.15) is 23.5 Å². The smallest absolute Gasteiger partial charge is 0.416 e. The van der Waals surface area contributed by atoms with Gasteiger partial charge in [0.2, 0.25) is 0 Å². The van der Waals surface area contributed by atoms with Gasteiger partial charge in [0, 0.05) is 29.5 Å². The van der Waals surface area contributed by atoms with Crippen molar-refractivity contribution in [2.24, 2.45) is 0 Å². The number of hydrogen-bond donors (Lipinski definition) is 1. The Hall–Kier alpha value is -3.85. The van der Waals surface area contributed by atoms with Crippen LogP contribution in [-0.4, -0.2) is 68.2 Å². The number of aliphatic hydroxyl groups excluding tert-OH is 1. The fraction of sp³-hybridized carbons (Fsp3) is 0.385. The van der Waals surface area contributed by atoms with E-state index in [0.29, 0.717) is 14.3 Å². The molecule has 1 fully saturated rings. The van der Waals surface area contributed by atoms with E-state index in [1.165, 1.54) is 35.2 Å². The number of aromatic nitrogens is 3. The highest BCUT2D eigenvalue weighted by molar-refractivity contribution is 6.30. The maximum Gasteiger partial charge on any atom is 0.416 e. The molecule has 1 N–H and O–H groups in total. The van der Waals surface area contributed by atoms with Gasteiger partial charge in [0.1, 0.15) is 13.2 Å². The molecule has 2 heterocycles. The van der Waals surface area contributed by atoms with Crippen LogP contribution in [0.25, 0.3) is 11.4 Å². The lowest BCUT2D eigenvalue weighted by Gasteiger charge is -2.23. The van der Waals surface area contributed by atoms with Crippen LogP contribution in [0, 0.1) is 0 Å². The van der Waals surface area contributed by atoms with Crippen LogP contribution in [0.15, 0.2) is 53.3 Å². The van der Waals surface area contributed by atoms with Crippen LogP contribution in [0.3, 0.4) is 0 Å². The van der Waals surface area contributed by atoms with E-state index >= 15 is 0 Å². The molecular weight excluding hydrogens is 598 g/mol. The van der Waals surface area contributed by atoms with Crippen LogP contribution in [0.2, 0.25) is 5.02 Å². The largest absolute Gasteiger partial charge is 0.448 e. The third-order valence-electron chi connectivity index (χ3n) is 6.53. The standard InChI is InChI=1S/C26H23ClF6N4O5/c27-19-6-4-15(5-7-19)22-34-37(23(40)36(22)14-21(39)26(31,32)33)13-20(38)11-17(12-35-8-9-42-24(35)41)16-2-1-3-18(10-16)25(28,29)30/h1-7,10,17,21,39H,8-9,11-14H2/t17?,21-/m0/s1. The van der Waals surface area contributed by atoms with E-state index in [1.807, 2.05) is 0 Å². The van der Waals surface area contributed by atoms with Gasteiger partial charge < -0.3 is 14.7 Å². The van der Waals surface area contributed by atoms with Crippen molar-refractivity contribution >= 4 is 23.5 Å². The summed E-state index contributed by atoms with van der Waals surface area (Å²) in [5.41, 5.74) is -1.82. The van der Waals surface area contributed by atoms with Gasteiger partial charge in [-0.3, -0.25) is 9.36 Å². The van der Waals surface area contributed by atoms with Gasteiger partial charge in [0.15, 0.2) is 17.7 Å². The van der Waals surface area contributed by atoms with Crippen LogP contribution in [-0.2, 0) is 28.8 Å². The highest BCUT2D eigenvalue weighted by Gasteiger charge is 2.39. The molecule has 42 heavy (non-hydrogen) atoms. The molecule has 16 heteroatoms. The summed E-state index contributed by atoms with van der Waals surface area (Å²) in [5, 5.41) is 13.9. The van der Waals surface area contributed by atoms with Crippen LogP contribution < -0.4 is 5.69 Å². The van der Waals surface area contributed by atoms with Gasteiger partial charge in [-0.25, -0.2) is 14.3 Å². The van der Waals surface area contributed by atoms with Crippen LogP contribution in [0.4, 0.5) is 31.1 Å². The molecule has 1 saturated heterocycles. The molecule has 2 aromatic carbocycles. The molecule has 1 amide bonds. The highest BCUT2D eigenvalue weighted by atomic mass is 35.5. The summed E-state index contributed by atoms with van der Waals surface area (Å²) in [6, 6.07) is 9.81. The second kappa shape index (κ2) is 12.2. The average Bonchev–Trinajstić information content (AvgIpc) is 3.45. The number of aliphatic hydroxyl groups is 1. The van der Waals surface area contributed by atoms with Crippen LogP contribution >= 0.6 is 11.6 Å². The second-order valence-electron chi connectivity index (χ2n) is 9.56. The van der Waals surface area contributed by atoms with E-state index in [9.17, 15) is 45.8 Å². The van der Waals surface area contributed by atoms with Crippen LogP contribution in [0.5, 0.6) is 0 Å². The van der Waals surface area contributed by atoms with E-state index in [-0.39, 0.29) is 36.6 Å². The molecule has 2 atom stereocenters. The number of nitrogens with zero attached hydrogens (tertiary/aromatic N) is 4. The molecule has 4 rings (SSSR count). The van der Waals surface area contributed by atoms with Crippen molar-refractivity contribution in [2.75, 3.05) is 19.7 Å². The molecule has 1 aromatic heterocycles. The van der Waals surface area contributed by atoms with Gasteiger partial charge >= 0.3 is 24.1 Å². The van der Waals surface area contributed by atoms with E-state index < -0.39 is 67.0 Å². The first-order valence-corrected chi connectivity index (χ1v) is 12.8. The fourth-order valence-corrected chi connectivity index (χ4v) is 4.54. The zero-order chi connectivity index (χ0) is 30.8. The Bertz CT molecular complexity index is 1500. The number of benzene rings is 2. The molecule has 1 unspecified atom stereocenters. The molecule has 9 nitrogen and oxygen atoms in total. The lowest BCUT2D eigenvalue weighted by molar-refractivity contribution is -0.207. The zero-order valence-corrected chi connectivity index (χ0v) is 22.3. The number of rotatable bonds is 10. The molecule has 3 aromatic rings. The Kier molecular flexibility index (Phi) is 9.01. The van der Waals surface area contributed by atoms with Gasteiger partial charge in [-0.1, -0.05) is 29.8 Å². The Balaban J connectivity index is 1.64. The van der Waals surface area contributed by atoms with Crippen molar-refractivity contribution in [2.45, 2.75) is 43.9 Å². The minimum atomic E-state index is -5.05.